The first kappa shape index (κ1) is 28.4. The number of para-hydroxylation sites is 1. The van der Waals surface area contributed by atoms with E-state index in [1.165, 1.54) is 0 Å². The molecular formula is C28H35FN10O2S. The summed E-state index contributed by atoms with van der Waals surface area (Å²) < 4.78 is 37.1. The van der Waals surface area contributed by atoms with E-state index >= 15 is 0 Å². The van der Waals surface area contributed by atoms with Gasteiger partial charge >= 0.3 is 0 Å². The van der Waals surface area contributed by atoms with Gasteiger partial charge in [-0.1, -0.05) is 18.2 Å². The van der Waals surface area contributed by atoms with E-state index in [2.05, 4.69) is 57.3 Å². The zero-order chi connectivity index (χ0) is 29.1. The fraction of sp³-hybridized carbons (Fsp3) is 0.393. The van der Waals surface area contributed by atoms with Gasteiger partial charge in [0.25, 0.3) is 0 Å². The van der Waals surface area contributed by atoms with Crippen LogP contribution in [0.15, 0.2) is 48.7 Å². The average molecular weight is 595 g/mol. The van der Waals surface area contributed by atoms with E-state index in [0.29, 0.717) is 17.3 Å². The van der Waals surface area contributed by atoms with Gasteiger partial charge in [0.1, 0.15) is 0 Å². The van der Waals surface area contributed by atoms with Crippen molar-refractivity contribution in [2.75, 3.05) is 61.8 Å². The highest BCUT2D eigenvalue weighted by Gasteiger charge is 2.28. The standard InChI is InChI=1S/C28H35FN10O2S/c1-37-12-14-38(15-13-37)21-8-10-39(11-9-21)27-22-7-6-20(16-25(22)35-36-27)32-28-30-18-23(29)26(34-28)33-24-5-3-2-4-19(24)17-31-42(40)41/h2-7,16,18,21,31H,8-15,17H2,1H3,(H,35,36)(H,40,41)(H2,30,32,33,34). The largest absolute Gasteiger partial charge is 0.355 e. The van der Waals surface area contributed by atoms with Crippen LogP contribution in [-0.4, -0.2) is 91.1 Å². The van der Waals surface area contributed by atoms with Crippen LogP contribution in [0.4, 0.5) is 33.3 Å². The van der Waals surface area contributed by atoms with Crippen LogP contribution in [0.2, 0.25) is 0 Å². The van der Waals surface area contributed by atoms with E-state index < -0.39 is 17.1 Å². The summed E-state index contributed by atoms with van der Waals surface area (Å²) in [5.41, 5.74) is 2.85. The van der Waals surface area contributed by atoms with Crippen molar-refractivity contribution in [2.45, 2.75) is 25.4 Å². The molecule has 0 aliphatic carbocycles. The van der Waals surface area contributed by atoms with Crippen molar-refractivity contribution in [1.29, 1.82) is 0 Å². The lowest BCUT2D eigenvalue weighted by molar-refractivity contribution is 0.0981. The summed E-state index contributed by atoms with van der Waals surface area (Å²) in [6, 6.07) is 13.6. The van der Waals surface area contributed by atoms with Gasteiger partial charge in [-0.3, -0.25) is 14.6 Å². The van der Waals surface area contributed by atoms with E-state index in [1.54, 1.807) is 24.3 Å². The third kappa shape index (κ3) is 6.52. The quantitative estimate of drug-likeness (QED) is 0.183. The van der Waals surface area contributed by atoms with Crippen LogP contribution >= 0.6 is 0 Å². The second-order valence-corrected chi connectivity index (χ2v) is 11.5. The molecule has 222 valence electrons. The van der Waals surface area contributed by atoms with Gasteiger partial charge in [-0.2, -0.15) is 10.1 Å². The number of fused-ring (bicyclic) bond motifs is 1. The van der Waals surface area contributed by atoms with Crippen molar-refractivity contribution < 1.29 is 13.2 Å². The molecule has 1 atom stereocenters. The molecule has 0 saturated carbocycles. The maximum Gasteiger partial charge on any atom is 0.232 e. The SMILES string of the molecule is CN1CCN(C2CCN(c3n[nH]c4cc(Nc5ncc(F)c(Nc6ccccc6CNS(=O)O)n5)ccc34)CC2)CC1. The van der Waals surface area contributed by atoms with E-state index in [1.807, 2.05) is 18.2 Å². The number of likely N-dealkylation sites (N-methyl/N-ethyl adjacent to an activating group) is 1. The van der Waals surface area contributed by atoms with Gasteiger partial charge in [-0.25, -0.2) is 18.3 Å². The Labute approximate surface area is 246 Å². The fourth-order valence-electron chi connectivity index (χ4n) is 5.66. The van der Waals surface area contributed by atoms with Crippen molar-refractivity contribution in [3.8, 4) is 0 Å². The molecule has 2 aliphatic rings. The average Bonchev–Trinajstić information content (AvgIpc) is 3.42. The summed E-state index contributed by atoms with van der Waals surface area (Å²) in [6.45, 7) is 6.66. The molecule has 0 amide bonds. The van der Waals surface area contributed by atoms with E-state index in [4.69, 9.17) is 4.55 Å². The minimum absolute atomic E-state index is 0.0186. The lowest BCUT2D eigenvalue weighted by Crippen LogP contribution is -2.52. The first-order chi connectivity index (χ1) is 20.4. The van der Waals surface area contributed by atoms with Crippen LogP contribution in [0.5, 0.6) is 0 Å². The van der Waals surface area contributed by atoms with Gasteiger partial charge < -0.3 is 20.4 Å². The summed E-state index contributed by atoms with van der Waals surface area (Å²) in [6.07, 6.45) is 3.37. The van der Waals surface area contributed by atoms with Crippen molar-refractivity contribution in [1.82, 2.24) is 34.7 Å². The number of hydrogen-bond acceptors (Lipinski definition) is 9. The number of H-pyrrole nitrogens is 1. The molecular weight excluding hydrogens is 559 g/mol. The van der Waals surface area contributed by atoms with Crippen molar-refractivity contribution in [3.63, 3.8) is 0 Å². The molecule has 2 aromatic carbocycles. The maximum atomic E-state index is 14.6. The lowest BCUT2D eigenvalue weighted by atomic mass is 10.0. The number of piperazine rings is 1. The van der Waals surface area contributed by atoms with Crippen LogP contribution in [0.25, 0.3) is 10.9 Å². The molecule has 1 unspecified atom stereocenters. The maximum absolute atomic E-state index is 14.6. The summed E-state index contributed by atoms with van der Waals surface area (Å²) in [4.78, 5) is 15.8. The van der Waals surface area contributed by atoms with Crippen molar-refractivity contribution in [2.24, 2.45) is 0 Å². The summed E-state index contributed by atoms with van der Waals surface area (Å²) in [5.74, 6) is 0.543. The molecule has 4 heterocycles. The Bertz CT molecular complexity index is 1550. The Morgan fingerprint density at radius 2 is 1.86 bits per heavy atom. The van der Waals surface area contributed by atoms with Crippen LogP contribution in [-0.2, 0) is 17.8 Å². The number of rotatable bonds is 9. The number of benzene rings is 2. The number of hydrogen-bond donors (Lipinski definition) is 5. The third-order valence-corrected chi connectivity index (χ3v) is 8.41. The zero-order valence-corrected chi connectivity index (χ0v) is 24.2. The highest BCUT2D eigenvalue weighted by molar-refractivity contribution is 7.77. The van der Waals surface area contributed by atoms with Gasteiger partial charge in [0.15, 0.2) is 17.5 Å². The molecule has 2 aromatic heterocycles. The van der Waals surface area contributed by atoms with Gasteiger partial charge in [0.05, 0.1) is 11.7 Å². The van der Waals surface area contributed by atoms with Crippen LogP contribution < -0.4 is 20.3 Å². The van der Waals surface area contributed by atoms with Gasteiger partial charge in [-0.05, 0) is 49.7 Å². The molecule has 2 saturated heterocycles. The Morgan fingerprint density at radius 1 is 1.07 bits per heavy atom. The number of nitrogens with one attached hydrogen (secondary N) is 4. The van der Waals surface area contributed by atoms with Crippen LogP contribution in [0.3, 0.4) is 0 Å². The molecule has 14 heteroatoms. The molecule has 12 nitrogen and oxygen atoms in total. The van der Waals surface area contributed by atoms with Gasteiger partial charge in [0, 0.05) is 68.6 Å². The van der Waals surface area contributed by atoms with E-state index in [-0.39, 0.29) is 18.3 Å². The Morgan fingerprint density at radius 3 is 2.64 bits per heavy atom. The smallest absolute Gasteiger partial charge is 0.232 e. The second-order valence-electron chi connectivity index (χ2n) is 10.7. The molecule has 2 fully saturated rings. The predicted octanol–water partition coefficient (Wildman–Crippen LogP) is 3.42. The molecule has 0 bridgehead atoms. The van der Waals surface area contributed by atoms with E-state index in [9.17, 15) is 8.60 Å². The Balaban J connectivity index is 1.12. The number of halogens is 1. The first-order valence-corrected chi connectivity index (χ1v) is 15.2. The number of anilines is 5. The zero-order valence-electron chi connectivity index (χ0n) is 23.4. The first-order valence-electron chi connectivity index (χ1n) is 14.1. The highest BCUT2D eigenvalue weighted by Crippen LogP contribution is 2.30. The number of piperidine rings is 1. The molecule has 42 heavy (non-hydrogen) atoms. The molecule has 5 N–H and O–H groups in total. The summed E-state index contributed by atoms with van der Waals surface area (Å²) >= 11 is -2.17. The topological polar surface area (TPSA) is 138 Å². The highest BCUT2D eigenvalue weighted by atomic mass is 32.2. The number of aromatic nitrogens is 4. The summed E-state index contributed by atoms with van der Waals surface area (Å²) in [7, 11) is 2.19. The monoisotopic (exact) mass is 594 g/mol. The van der Waals surface area contributed by atoms with Crippen LogP contribution in [0.1, 0.15) is 18.4 Å². The van der Waals surface area contributed by atoms with Gasteiger partial charge in [-0.15, -0.1) is 0 Å². The minimum Gasteiger partial charge on any atom is -0.355 e. The lowest BCUT2D eigenvalue weighted by Gasteiger charge is -2.42. The number of aromatic amines is 1. The fourth-order valence-corrected chi connectivity index (χ4v) is 5.94. The Kier molecular flexibility index (Phi) is 8.58. The van der Waals surface area contributed by atoms with Crippen molar-refractivity contribution >= 4 is 51.1 Å². The molecule has 4 aromatic rings. The normalized spacial score (nSPS) is 17.9. The van der Waals surface area contributed by atoms with Crippen molar-refractivity contribution in [3.05, 3.63) is 60.0 Å². The van der Waals surface area contributed by atoms with Gasteiger partial charge in [0.2, 0.25) is 17.2 Å². The Hall–Kier alpha value is -3.69. The minimum atomic E-state index is -2.17. The van der Waals surface area contributed by atoms with E-state index in [0.717, 1.165) is 80.7 Å². The molecule has 0 spiro atoms. The second kappa shape index (κ2) is 12.7. The molecule has 6 rings (SSSR count). The third-order valence-electron chi connectivity index (χ3n) is 8.02. The van der Waals surface area contributed by atoms with Crippen LogP contribution in [0, 0.1) is 5.82 Å². The number of nitrogens with zero attached hydrogens (tertiary/aromatic N) is 6. The molecule has 0 radical (unpaired) electrons. The summed E-state index contributed by atoms with van der Waals surface area (Å²) in [5, 5.41) is 15.0. The molecule has 2 aliphatic heterocycles. The predicted molar refractivity (Wildman–Crippen MR) is 163 cm³/mol.